The number of hydrogen-bond acceptors (Lipinski definition) is 4. The van der Waals surface area contributed by atoms with Crippen molar-refractivity contribution >= 4 is 26.7 Å². The minimum absolute atomic E-state index is 0.157. The molecule has 3 rings (SSSR count). The van der Waals surface area contributed by atoms with Crippen LogP contribution in [-0.2, 0) is 14.8 Å². The predicted molar refractivity (Wildman–Crippen MR) is 109 cm³/mol. The molecule has 0 spiro atoms. The van der Waals surface area contributed by atoms with E-state index in [2.05, 4.69) is 5.32 Å². The van der Waals surface area contributed by atoms with E-state index in [4.69, 9.17) is 4.74 Å². The molecule has 3 aromatic rings. The number of rotatable bonds is 8. The van der Waals surface area contributed by atoms with E-state index in [9.17, 15) is 13.2 Å². The van der Waals surface area contributed by atoms with Gasteiger partial charge < -0.3 is 10.1 Å². The first-order valence-corrected chi connectivity index (χ1v) is 10.3. The number of amides is 1. The van der Waals surface area contributed by atoms with Crippen LogP contribution in [0.3, 0.4) is 0 Å². The average molecular weight is 398 g/mol. The lowest BCUT2D eigenvalue weighted by atomic mass is 10.1. The molecular weight excluding hydrogens is 376 g/mol. The molecule has 0 atom stereocenters. The van der Waals surface area contributed by atoms with Crippen molar-refractivity contribution in [1.29, 1.82) is 0 Å². The minimum Gasteiger partial charge on any atom is -0.492 e. The molecule has 0 radical (unpaired) electrons. The molecular formula is C21H22N2O4S. The number of fused-ring (bicyclic) bond motifs is 1. The van der Waals surface area contributed by atoms with Crippen LogP contribution in [0.1, 0.15) is 0 Å². The van der Waals surface area contributed by atoms with E-state index >= 15 is 0 Å². The van der Waals surface area contributed by atoms with Crippen molar-refractivity contribution in [3.63, 3.8) is 0 Å². The first-order chi connectivity index (χ1) is 13.5. The summed E-state index contributed by atoms with van der Waals surface area (Å²) in [7, 11) is -2.30. The molecule has 146 valence electrons. The van der Waals surface area contributed by atoms with E-state index in [-0.39, 0.29) is 23.9 Å². The lowest BCUT2D eigenvalue weighted by molar-refractivity contribution is -0.121. The smallest absolute Gasteiger partial charge is 0.243 e. The summed E-state index contributed by atoms with van der Waals surface area (Å²) >= 11 is 0. The Kier molecular flexibility index (Phi) is 6.28. The second-order valence-electron chi connectivity index (χ2n) is 6.28. The van der Waals surface area contributed by atoms with Crippen molar-refractivity contribution in [1.82, 2.24) is 9.62 Å². The molecule has 1 N–H and O–H groups in total. The molecule has 0 aliphatic carbocycles. The Labute approximate surface area is 164 Å². The zero-order chi connectivity index (χ0) is 20.0. The van der Waals surface area contributed by atoms with Crippen LogP contribution >= 0.6 is 0 Å². The molecule has 28 heavy (non-hydrogen) atoms. The number of sulfonamides is 1. The summed E-state index contributed by atoms with van der Waals surface area (Å²) in [5.41, 5.74) is 0. The van der Waals surface area contributed by atoms with Crippen LogP contribution in [-0.4, -0.2) is 45.4 Å². The van der Waals surface area contributed by atoms with E-state index in [1.165, 1.54) is 19.2 Å². The maximum absolute atomic E-state index is 12.4. The molecule has 0 aliphatic heterocycles. The third-order valence-corrected chi connectivity index (χ3v) is 6.05. The van der Waals surface area contributed by atoms with Gasteiger partial charge in [-0.2, -0.15) is 4.31 Å². The van der Waals surface area contributed by atoms with Gasteiger partial charge >= 0.3 is 0 Å². The van der Waals surface area contributed by atoms with Gasteiger partial charge in [0.2, 0.25) is 15.9 Å². The third-order valence-electron chi connectivity index (χ3n) is 4.23. The Morgan fingerprint density at radius 3 is 2.39 bits per heavy atom. The zero-order valence-corrected chi connectivity index (χ0v) is 16.4. The van der Waals surface area contributed by atoms with E-state index in [1.54, 1.807) is 18.2 Å². The van der Waals surface area contributed by atoms with Crippen LogP contribution in [0.2, 0.25) is 0 Å². The molecule has 6 nitrogen and oxygen atoms in total. The van der Waals surface area contributed by atoms with E-state index in [0.29, 0.717) is 6.61 Å². The van der Waals surface area contributed by atoms with Crippen molar-refractivity contribution < 1.29 is 17.9 Å². The molecule has 0 heterocycles. The van der Waals surface area contributed by atoms with Gasteiger partial charge in [-0.15, -0.1) is 0 Å². The Bertz CT molecular complexity index is 1050. The van der Waals surface area contributed by atoms with E-state index < -0.39 is 10.0 Å². The van der Waals surface area contributed by atoms with Gasteiger partial charge in [0.05, 0.1) is 18.0 Å². The molecule has 7 heteroatoms. The Morgan fingerprint density at radius 2 is 1.64 bits per heavy atom. The third kappa shape index (κ3) is 4.88. The molecule has 0 aliphatic rings. The summed E-state index contributed by atoms with van der Waals surface area (Å²) < 4.78 is 31.5. The summed E-state index contributed by atoms with van der Waals surface area (Å²) in [4.78, 5) is 12.2. The normalized spacial score (nSPS) is 11.5. The van der Waals surface area contributed by atoms with Crippen LogP contribution in [0.25, 0.3) is 10.8 Å². The minimum atomic E-state index is -3.69. The first kappa shape index (κ1) is 19.9. The number of nitrogens with zero attached hydrogens (tertiary/aromatic N) is 1. The van der Waals surface area contributed by atoms with Crippen LogP contribution in [0.4, 0.5) is 0 Å². The van der Waals surface area contributed by atoms with E-state index in [1.807, 2.05) is 42.5 Å². The van der Waals surface area contributed by atoms with Crippen molar-refractivity contribution in [2.75, 3.05) is 26.7 Å². The summed E-state index contributed by atoms with van der Waals surface area (Å²) in [6.45, 7) is 0.317. The number of carbonyl (C=O) groups is 1. The number of hydrogen-bond donors (Lipinski definition) is 1. The van der Waals surface area contributed by atoms with Crippen LogP contribution in [0.5, 0.6) is 5.75 Å². The number of ether oxygens (including phenoxy) is 1. The highest BCUT2D eigenvalue weighted by Crippen LogP contribution is 2.20. The van der Waals surface area contributed by atoms with Gasteiger partial charge in [0.1, 0.15) is 12.4 Å². The summed E-state index contributed by atoms with van der Waals surface area (Å²) in [6.07, 6.45) is 0. The highest BCUT2D eigenvalue weighted by atomic mass is 32.2. The average Bonchev–Trinajstić information content (AvgIpc) is 2.71. The van der Waals surface area contributed by atoms with Crippen LogP contribution < -0.4 is 10.1 Å². The number of benzene rings is 3. The van der Waals surface area contributed by atoms with Crippen LogP contribution in [0.15, 0.2) is 77.7 Å². The summed E-state index contributed by atoms with van der Waals surface area (Å²) in [5, 5.41) is 4.89. The molecule has 0 saturated carbocycles. The highest BCUT2D eigenvalue weighted by Gasteiger charge is 2.22. The van der Waals surface area contributed by atoms with Gasteiger partial charge in [0.15, 0.2) is 0 Å². The monoisotopic (exact) mass is 398 g/mol. The second kappa shape index (κ2) is 8.86. The maximum atomic E-state index is 12.4. The highest BCUT2D eigenvalue weighted by molar-refractivity contribution is 7.89. The van der Waals surface area contributed by atoms with Gasteiger partial charge in [-0.05, 0) is 35.0 Å². The standard InChI is InChI=1S/C21H22N2O4S/c1-23(28(25,26)20-9-3-2-4-10-20)16-21(24)22-13-14-27-19-12-11-17-7-5-6-8-18(17)15-19/h2-12,15H,13-14,16H2,1H3,(H,22,24). The predicted octanol–water partition coefficient (Wildman–Crippen LogP) is 2.66. The van der Waals surface area contributed by atoms with Gasteiger partial charge in [0.25, 0.3) is 0 Å². The second-order valence-corrected chi connectivity index (χ2v) is 8.33. The fraction of sp³-hybridized carbons (Fsp3) is 0.190. The SMILES string of the molecule is CN(CC(=O)NCCOc1ccc2ccccc2c1)S(=O)(=O)c1ccccc1. The lowest BCUT2D eigenvalue weighted by Crippen LogP contribution is -2.39. The molecule has 0 saturated heterocycles. The number of likely N-dealkylation sites (N-methyl/N-ethyl adjacent to an activating group) is 1. The molecule has 0 aromatic heterocycles. The quantitative estimate of drug-likeness (QED) is 0.592. The van der Waals surface area contributed by atoms with Crippen molar-refractivity contribution in [2.45, 2.75) is 4.90 Å². The first-order valence-electron chi connectivity index (χ1n) is 8.86. The zero-order valence-electron chi connectivity index (χ0n) is 15.5. The molecule has 3 aromatic carbocycles. The van der Waals surface area contributed by atoms with Crippen molar-refractivity contribution in [2.24, 2.45) is 0 Å². The molecule has 0 fully saturated rings. The van der Waals surface area contributed by atoms with Gasteiger partial charge in [0, 0.05) is 7.05 Å². The van der Waals surface area contributed by atoms with Crippen molar-refractivity contribution in [3.8, 4) is 5.75 Å². The maximum Gasteiger partial charge on any atom is 0.243 e. The summed E-state index contributed by atoms with van der Waals surface area (Å²) in [6, 6.07) is 21.8. The van der Waals surface area contributed by atoms with Gasteiger partial charge in [-0.3, -0.25) is 4.79 Å². The van der Waals surface area contributed by atoms with E-state index in [0.717, 1.165) is 20.8 Å². The molecule has 0 unspecified atom stereocenters. The molecule has 0 bridgehead atoms. The Balaban J connectivity index is 1.46. The molecule has 1 amide bonds. The van der Waals surface area contributed by atoms with Crippen molar-refractivity contribution in [3.05, 3.63) is 72.8 Å². The van der Waals surface area contributed by atoms with Gasteiger partial charge in [-0.1, -0.05) is 48.5 Å². The Hall–Kier alpha value is -2.90. The topological polar surface area (TPSA) is 75.7 Å². The summed E-state index contributed by atoms with van der Waals surface area (Å²) in [5.74, 6) is 0.334. The van der Waals surface area contributed by atoms with Gasteiger partial charge in [-0.25, -0.2) is 8.42 Å². The fourth-order valence-corrected chi connectivity index (χ4v) is 3.88. The number of carbonyl (C=O) groups excluding carboxylic acids is 1. The van der Waals surface area contributed by atoms with Crippen LogP contribution in [0, 0.1) is 0 Å². The largest absolute Gasteiger partial charge is 0.492 e. The lowest BCUT2D eigenvalue weighted by Gasteiger charge is -2.17. The fourth-order valence-electron chi connectivity index (χ4n) is 2.73. The number of nitrogens with one attached hydrogen (secondary N) is 1. The Morgan fingerprint density at radius 1 is 0.964 bits per heavy atom.